The molecule has 1 aliphatic heterocycles. The minimum absolute atomic E-state index is 0.118. The number of nitrogens with one attached hydrogen (secondary N) is 1. The van der Waals surface area contributed by atoms with Crippen molar-refractivity contribution in [3.8, 4) is 0 Å². The first-order chi connectivity index (χ1) is 8.52. The van der Waals surface area contributed by atoms with Crippen molar-refractivity contribution in [3.63, 3.8) is 0 Å². The van der Waals surface area contributed by atoms with Crippen LogP contribution >= 0.6 is 11.3 Å². The summed E-state index contributed by atoms with van der Waals surface area (Å²) >= 11 is 1.65. The van der Waals surface area contributed by atoms with Crippen LogP contribution in [0.3, 0.4) is 0 Å². The molecule has 102 valence electrons. The van der Waals surface area contributed by atoms with Crippen LogP contribution in [0.1, 0.15) is 48.5 Å². The third-order valence-corrected chi connectivity index (χ3v) is 6.36. The van der Waals surface area contributed by atoms with Crippen LogP contribution in [0.5, 0.6) is 0 Å². The molecule has 0 aliphatic carbocycles. The Morgan fingerprint density at radius 3 is 3.00 bits per heavy atom. The first-order valence-corrected chi connectivity index (χ1v) is 9.05. The van der Waals surface area contributed by atoms with Gasteiger partial charge >= 0.3 is 0 Å². The van der Waals surface area contributed by atoms with Crippen molar-refractivity contribution < 1.29 is 8.42 Å². The Labute approximate surface area is 113 Å². The summed E-state index contributed by atoms with van der Waals surface area (Å²) in [6.45, 7) is 5.26. The van der Waals surface area contributed by atoms with E-state index in [-0.39, 0.29) is 11.7 Å². The summed E-state index contributed by atoms with van der Waals surface area (Å²) in [6, 6.07) is 0.300. The Morgan fingerprint density at radius 2 is 2.39 bits per heavy atom. The smallest absolute Gasteiger partial charge is 0.151 e. The zero-order valence-electron chi connectivity index (χ0n) is 10.8. The Morgan fingerprint density at radius 1 is 1.61 bits per heavy atom. The summed E-state index contributed by atoms with van der Waals surface area (Å²) in [4.78, 5) is 5.60. The molecule has 0 radical (unpaired) electrons. The molecule has 2 atom stereocenters. The molecular weight excluding hydrogens is 268 g/mol. The number of rotatable bonds is 5. The lowest BCUT2D eigenvalue weighted by molar-refractivity contribution is 0.577. The van der Waals surface area contributed by atoms with Crippen LogP contribution in [0.25, 0.3) is 0 Å². The van der Waals surface area contributed by atoms with Crippen molar-refractivity contribution in [2.45, 2.75) is 38.6 Å². The molecule has 1 saturated heterocycles. The molecule has 2 rings (SSSR count). The summed E-state index contributed by atoms with van der Waals surface area (Å²) in [5.74, 6) is 0.708. The molecule has 0 bridgehead atoms. The van der Waals surface area contributed by atoms with E-state index in [0.717, 1.165) is 24.4 Å². The third kappa shape index (κ3) is 3.30. The van der Waals surface area contributed by atoms with Crippen molar-refractivity contribution in [1.82, 2.24) is 10.3 Å². The fourth-order valence-electron chi connectivity index (χ4n) is 2.14. The maximum absolute atomic E-state index is 11.5. The first-order valence-electron chi connectivity index (χ1n) is 6.41. The minimum atomic E-state index is -2.82. The summed E-state index contributed by atoms with van der Waals surface area (Å²) in [5, 5.41) is 4.40. The molecule has 2 heterocycles. The fraction of sp³-hybridized carbons (Fsp3) is 0.750. The second kappa shape index (κ2) is 5.67. The zero-order valence-corrected chi connectivity index (χ0v) is 12.5. The molecular formula is C12H20N2O2S2. The quantitative estimate of drug-likeness (QED) is 0.901. The summed E-state index contributed by atoms with van der Waals surface area (Å²) in [7, 11) is -2.82. The fourth-order valence-corrected chi connectivity index (χ4v) is 5.07. The lowest BCUT2D eigenvalue weighted by atomic mass is 10.1. The number of aromatic nitrogens is 1. The van der Waals surface area contributed by atoms with E-state index in [0.29, 0.717) is 11.8 Å². The molecule has 6 heteroatoms. The molecule has 0 spiro atoms. The van der Waals surface area contributed by atoms with Crippen molar-refractivity contribution >= 4 is 21.2 Å². The molecule has 1 aliphatic rings. The predicted octanol–water partition coefficient (Wildman–Crippen LogP) is 2.11. The predicted molar refractivity (Wildman–Crippen MR) is 74.8 cm³/mol. The third-order valence-electron chi connectivity index (χ3n) is 3.25. The van der Waals surface area contributed by atoms with Gasteiger partial charge < -0.3 is 5.32 Å². The van der Waals surface area contributed by atoms with E-state index in [1.165, 1.54) is 4.88 Å². The van der Waals surface area contributed by atoms with Gasteiger partial charge in [0.15, 0.2) is 9.84 Å². The lowest BCUT2D eigenvalue weighted by Gasteiger charge is -2.10. The topological polar surface area (TPSA) is 59.1 Å². The van der Waals surface area contributed by atoms with Gasteiger partial charge in [-0.05, 0) is 26.3 Å². The molecule has 4 nitrogen and oxygen atoms in total. The largest absolute Gasteiger partial charge is 0.309 e. The van der Waals surface area contributed by atoms with Crippen LogP contribution in [-0.2, 0) is 9.84 Å². The average molecular weight is 288 g/mol. The Hall–Kier alpha value is -0.460. The normalized spacial score (nSPS) is 24.2. The molecule has 1 fully saturated rings. The second-order valence-corrected chi connectivity index (χ2v) is 8.20. The van der Waals surface area contributed by atoms with Crippen molar-refractivity contribution in [2.75, 3.05) is 18.1 Å². The van der Waals surface area contributed by atoms with Gasteiger partial charge in [0.25, 0.3) is 0 Å². The first kappa shape index (κ1) is 14.0. The van der Waals surface area contributed by atoms with E-state index in [2.05, 4.69) is 24.1 Å². The van der Waals surface area contributed by atoms with Crippen molar-refractivity contribution in [2.24, 2.45) is 0 Å². The average Bonchev–Trinajstić information content (AvgIpc) is 2.92. The van der Waals surface area contributed by atoms with Gasteiger partial charge in [0.1, 0.15) is 0 Å². The van der Waals surface area contributed by atoms with Crippen LogP contribution in [0.2, 0.25) is 0 Å². The summed E-state index contributed by atoms with van der Waals surface area (Å²) in [6.07, 6.45) is 3.72. The SMILES string of the molecule is CCCNC(C)c1cnc(C2CCS(=O)(=O)C2)s1. The number of sulfone groups is 1. The minimum Gasteiger partial charge on any atom is -0.309 e. The van der Waals surface area contributed by atoms with Crippen molar-refractivity contribution in [1.29, 1.82) is 0 Å². The van der Waals surface area contributed by atoms with E-state index in [1.807, 2.05) is 6.20 Å². The van der Waals surface area contributed by atoms with Gasteiger partial charge in [-0.15, -0.1) is 11.3 Å². The number of hydrogen-bond acceptors (Lipinski definition) is 5. The Bertz CT molecular complexity index is 496. The van der Waals surface area contributed by atoms with E-state index in [9.17, 15) is 8.42 Å². The van der Waals surface area contributed by atoms with Crippen LogP contribution < -0.4 is 5.32 Å². The van der Waals surface area contributed by atoms with E-state index < -0.39 is 9.84 Å². The summed E-state index contributed by atoms with van der Waals surface area (Å²) < 4.78 is 22.9. The molecule has 1 N–H and O–H groups in total. The van der Waals surface area contributed by atoms with Gasteiger partial charge in [-0.25, -0.2) is 13.4 Å². The molecule has 0 aromatic carbocycles. The lowest BCUT2D eigenvalue weighted by Crippen LogP contribution is -2.18. The highest BCUT2D eigenvalue weighted by atomic mass is 32.2. The highest BCUT2D eigenvalue weighted by Gasteiger charge is 2.31. The number of nitrogens with zero attached hydrogens (tertiary/aromatic N) is 1. The van der Waals surface area contributed by atoms with Crippen LogP contribution in [0.15, 0.2) is 6.20 Å². The number of hydrogen-bond donors (Lipinski definition) is 1. The van der Waals surface area contributed by atoms with Crippen molar-refractivity contribution in [3.05, 3.63) is 16.1 Å². The molecule has 0 saturated carbocycles. The van der Waals surface area contributed by atoms with E-state index in [1.54, 1.807) is 11.3 Å². The Kier molecular flexibility index (Phi) is 4.40. The van der Waals surface area contributed by atoms with Crippen LogP contribution in [0, 0.1) is 0 Å². The van der Waals surface area contributed by atoms with Crippen LogP contribution in [0.4, 0.5) is 0 Å². The number of thiazole rings is 1. The Balaban J connectivity index is 2.02. The zero-order chi connectivity index (χ0) is 13.2. The maximum atomic E-state index is 11.5. The van der Waals surface area contributed by atoms with E-state index in [4.69, 9.17) is 0 Å². The van der Waals surface area contributed by atoms with Gasteiger partial charge in [0, 0.05) is 23.0 Å². The summed E-state index contributed by atoms with van der Waals surface area (Å²) in [5.41, 5.74) is 0. The van der Waals surface area contributed by atoms with Gasteiger partial charge in [-0.1, -0.05) is 6.92 Å². The van der Waals surface area contributed by atoms with Gasteiger partial charge in [-0.2, -0.15) is 0 Å². The van der Waals surface area contributed by atoms with Crippen LogP contribution in [-0.4, -0.2) is 31.5 Å². The molecule has 1 aromatic heterocycles. The van der Waals surface area contributed by atoms with Gasteiger partial charge in [-0.3, -0.25) is 0 Å². The maximum Gasteiger partial charge on any atom is 0.151 e. The standard InChI is InChI=1S/C12H20N2O2S2/c1-3-5-13-9(2)11-7-14-12(17-11)10-4-6-18(15,16)8-10/h7,9-10,13H,3-6,8H2,1-2H3. The molecule has 2 unspecified atom stereocenters. The molecule has 18 heavy (non-hydrogen) atoms. The van der Waals surface area contributed by atoms with E-state index >= 15 is 0 Å². The highest BCUT2D eigenvalue weighted by molar-refractivity contribution is 7.91. The molecule has 0 amide bonds. The highest BCUT2D eigenvalue weighted by Crippen LogP contribution is 2.33. The van der Waals surface area contributed by atoms with Gasteiger partial charge in [0.05, 0.1) is 16.5 Å². The van der Waals surface area contributed by atoms with Gasteiger partial charge in [0.2, 0.25) is 0 Å². The molecule has 1 aromatic rings. The second-order valence-electron chi connectivity index (χ2n) is 4.88. The monoisotopic (exact) mass is 288 g/mol.